The number of nitrogens with zero attached hydrogens (tertiary/aromatic N) is 1. The van der Waals surface area contributed by atoms with E-state index in [0.717, 1.165) is 12.8 Å². The molecular formula is C11H19NO3S. The van der Waals surface area contributed by atoms with Crippen LogP contribution in [-0.4, -0.2) is 43.3 Å². The molecule has 1 heterocycles. The second kappa shape index (κ2) is 5.48. The van der Waals surface area contributed by atoms with E-state index < -0.39 is 15.1 Å². The number of amides is 1. The smallest absolute Gasteiger partial charge is 0.240 e. The van der Waals surface area contributed by atoms with Crippen LogP contribution in [0.15, 0.2) is 12.2 Å². The maximum Gasteiger partial charge on any atom is 0.240 e. The quantitative estimate of drug-likeness (QED) is 0.694. The van der Waals surface area contributed by atoms with Gasteiger partial charge >= 0.3 is 0 Å². The second-order valence-electron chi connectivity index (χ2n) is 4.07. The average molecular weight is 245 g/mol. The summed E-state index contributed by atoms with van der Waals surface area (Å²) >= 11 is 0. The van der Waals surface area contributed by atoms with Crippen molar-refractivity contribution in [1.82, 2.24) is 4.90 Å². The molecule has 0 aromatic heterocycles. The van der Waals surface area contributed by atoms with Gasteiger partial charge in [0.2, 0.25) is 5.91 Å². The van der Waals surface area contributed by atoms with Gasteiger partial charge < -0.3 is 4.90 Å². The van der Waals surface area contributed by atoms with Crippen molar-refractivity contribution in [2.45, 2.75) is 31.9 Å². The van der Waals surface area contributed by atoms with Gasteiger partial charge in [0.05, 0.1) is 5.75 Å². The van der Waals surface area contributed by atoms with E-state index in [1.807, 2.05) is 0 Å². The highest BCUT2D eigenvalue weighted by Crippen LogP contribution is 2.13. The molecule has 0 N–H and O–H groups in total. The molecule has 1 rings (SSSR count). The number of allylic oxidation sites excluding steroid dienone is 1. The number of likely N-dealkylation sites (tertiary alicyclic amines) is 1. The van der Waals surface area contributed by atoms with Gasteiger partial charge in [-0.1, -0.05) is 12.2 Å². The SMILES string of the molecule is CC=CCS(=O)(=O)C(C)C(=O)N1CCCC1. The molecular weight excluding hydrogens is 226 g/mol. The Bertz CT molecular complexity index is 367. The topological polar surface area (TPSA) is 54.5 Å². The number of sulfone groups is 1. The Balaban J connectivity index is 2.68. The molecule has 1 saturated heterocycles. The first-order valence-electron chi connectivity index (χ1n) is 5.60. The molecule has 0 aliphatic carbocycles. The van der Waals surface area contributed by atoms with Gasteiger partial charge in [0.1, 0.15) is 5.25 Å². The molecule has 16 heavy (non-hydrogen) atoms. The van der Waals surface area contributed by atoms with Gasteiger partial charge in [-0.25, -0.2) is 8.42 Å². The third-order valence-electron chi connectivity index (χ3n) is 2.87. The summed E-state index contributed by atoms with van der Waals surface area (Å²) in [7, 11) is -3.34. The Morgan fingerprint density at radius 3 is 2.44 bits per heavy atom. The number of rotatable bonds is 4. The molecule has 1 unspecified atom stereocenters. The maximum atomic E-state index is 11.9. The van der Waals surface area contributed by atoms with Crippen molar-refractivity contribution in [3.05, 3.63) is 12.2 Å². The monoisotopic (exact) mass is 245 g/mol. The summed E-state index contributed by atoms with van der Waals surface area (Å²) < 4.78 is 23.6. The largest absolute Gasteiger partial charge is 0.342 e. The molecule has 0 spiro atoms. The predicted octanol–water partition coefficient (Wildman–Crippen LogP) is 0.988. The zero-order valence-corrected chi connectivity index (χ0v) is 10.7. The van der Waals surface area contributed by atoms with E-state index in [4.69, 9.17) is 0 Å². The highest BCUT2D eigenvalue weighted by atomic mass is 32.2. The van der Waals surface area contributed by atoms with Gasteiger partial charge in [-0.05, 0) is 26.7 Å². The lowest BCUT2D eigenvalue weighted by Gasteiger charge is -2.19. The molecule has 1 aliphatic rings. The molecule has 1 atom stereocenters. The lowest BCUT2D eigenvalue weighted by Crippen LogP contribution is -2.40. The summed E-state index contributed by atoms with van der Waals surface area (Å²) in [5.41, 5.74) is 0. The van der Waals surface area contributed by atoms with Crippen molar-refractivity contribution in [3.63, 3.8) is 0 Å². The van der Waals surface area contributed by atoms with Crippen molar-refractivity contribution >= 4 is 15.7 Å². The van der Waals surface area contributed by atoms with Gasteiger partial charge in [0.25, 0.3) is 0 Å². The zero-order valence-electron chi connectivity index (χ0n) is 9.85. The molecule has 5 heteroatoms. The summed E-state index contributed by atoms with van der Waals surface area (Å²) in [5.74, 6) is -0.299. The lowest BCUT2D eigenvalue weighted by atomic mass is 10.4. The first kappa shape index (κ1) is 13.2. The normalized spacial score (nSPS) is 19.2. The molecule has 0 radical (unpaired) electrons. The third-order valence-corrected chi connectivity index (χ3v) is 4.80. The molecule has 0 saturated carbocycles. The minimum absolute atomic E-state index is 0.0513. The van der Waals surface area contributed by atoms with Gasteiger partial charge in [0, 0.05) is 13.1 Å². The van der Waals surface area contributed by atoms with Crippen LogP contribution in [0.3, 0.4) is 0 Å². The number of hydrogen-bond donors (Lipinski definition) is 0. The van der Waals surface area contributed by atoms with E-state index in [1.165, 1.54) is 6.92 Å². The van der Waals surface area contributed by atoms with E-state index in [0.29, 0.717) is 13.1 Å². The molecule has 1 amide bonds. The molecule has 4 nitrogen and oxygen atoms in total. The van der Waals surface area contributed by atoms with Crippen molar-refractivity contribution in [2.24, 2.45) is 0 Å². The zero-order chi connectivity index (χ0) is 12.2. The standard InChI is InChI=1S/C11H19NO3S/c1-3-4-9-16(14,15)10(2)11(13)12-7-5-6-8-12/h3-4,10H,5-9H2,1-2H3. The summed E-state index contributed by atoms with van der Waals surface area (Å²) in [4.78, 5) is 13.5. The first-order valence-corrected chi connectivity index (χ1v) is 7.32. The van der Waals surface area contributed by atoms with Crippen molar-refractivity contribution in [3.8, 4) is 0 Å². The minimum atomic E-state index is -3.34. The van der Waals surface area contributed by atoms with E-state index in [-0.39, 0.29) is 11.7 Å². The Kier molecular flexibility index (Phi) is 4.53. The lowest BCUT2D eigenvalue weighted by molar-refractivity contribution is -0.129. The summed E-state index contributed by atoms with van der Waals surface area (Å²) in [6, 6.07) is 0. The predicted molar refractivity (Wildman–Crippen MR) is 63.9 cm³/mol. The van der Waals surface area contributed by atoms with Crippen LogP contribution in [0.1, 0.15) is 26.7 Å². The fraction of sp³-hybridized carbons (Fsp3) is 0.727. The number of hydrogen-bond acceptors (Lipinski definition) is 3. The van der Waals surface area contributed by atoms with Crippen LogP contribution in [0.5, 0.6) is 0 Å². The van der Waals surface area contributed by atoms with Crippen LogP contribution < -0.4 is 0 Å². The maximum absolute atomic E-state index is 11.9. The van der Waals surface area contributed by atoms with Crippen molar-refractivity contribution in [1.29, 1.82) is 0 Å². The number of carbonyl (C=O) groups excluding carboxylic acids is 1. The van der Waals surface area contributed by atoms with Crippen molar-refractivity contribution in [2.75, 3.05) is 18.8 Å². The van der Waals surface area contributed by atoms with Gasteiger partial charge in [-0.2, -0.15) is 0 Å². The molecule has 0 aromatic rings. The van der Waals surface area contributed by atoms with Crippen LogP contribution in [0.2, 0.25) is 0 Å². The molecule has 0 bridgehead atoms. The minimum Gasteiger partial charge on any atom is -0.342 e. The fourth-order valence-corrected chi connectivity index (χ4v) is 2.93. The first-order chi connectivity index (χ1) is 7.49. The second-order valence-corrected chi connectivity index (χ2v) is 6.44. The van der Waals surface area contributed by atoms with Gasteiger partial charge in [0.15, 0.2) is 9.84 Å². The van der Waals surface area contributed by atoms with Crippen LogP contribution in [0, 0.1) is 0 Å². The van der Waals surface area contributed by atoms with Crippen molar-refractivity contribution < 1.29 is 13.2 Å². The highest BCUT2D eigenvalue weighted by Gasteiger charge is 2.31. The summed E-state index contributed by atoms with van der Waals surface area (Å²) in [5, 5.41) is -0.915. The Hall–Kier alpha value is -0.840. The average Bonchev–Trinajstić information content (AvgIpc) is 2.77. The van der Waals surface area contributed by atoms with Crippen LogP contribution in [0.25, 0.3) is 0 Å². The van der Waals surface area contributed by atoms with E-state index in [1.54, 1.807) is 24.0 Å². The fourth-order valence-electron chi connectivity index (χ4n) is 1.72. The van der Waals surface area contributed by atoms with Gasteiger partial charge in [-0.3, -0.25) is 4.79 Å². The Labute approximate surface area is 97.2 Å². The van der Waals surface area contributed by atoms with Crippen LogP contribution in [-0.2, 0) is 14.6 Å². The Morgan fingerprint density at radius 2 is 1.94 bits per heavy atom. The van der Waals surface area contributed by atoms with E-state index >= 15 is 0 Å². The highest BCUT2D eigenvalue weighted by molar-refractivity contribution is 7.92. The summed E-state index contributed by atoms with van der Waals surface area (Å²) in [6.07, 6.45) is 5.22. The van der Waals surface area contributed by atoms with Crippen LogP contribution >= 0.6 is 0 Å². The Morgan fingerprint density at radius 1 is 1.38 bits per heavy atom. The molecule has 0 aromatic carbocycles. The molecule has 92 valence electrons. The third kappa shape index (κ3) is 3.07. The van der Waals surface area contributed by atoms with Gasteiger partial charge in [-0.15, -0.1) is 0 Å². The molecule has 1 aliphatic heterocycles. The molecule has 1 fully saturated rings. The van der Waals surface area contributed by atoms with Crippen LogP contribution in [0.4, 0.5) is 0 Å². The van der Waals surface area contributed by atoms with E-state index in [9.17, 15) is 13.2 Å². The number of carbonyl (C=O) groups is 1. The summed E-state index contributed by atoms with van der Waals surface area (Å²) in [6.45, 7) is 4.65. The van der Waals surface area contributed by atoms with E-state index in [2.05, 4.69) is 0 Å².